The number of rotatable bonds is 2. The molecule has 0 aromatic heterocycles. The molecule has 0 bridgehead atoms. The topological polar surface area (TPSA) is 74.6 Å². The average Bonchev–Trinajstić information content (AvgIpc) is 2.41. The standard InChI is InChI=1S/2C7H6O2.H2Se/c2*8-7(9)6-4-2-1-3-5-6;/h2*1-5H,(H,8,9);1H2. The minimum absolute atomic E-state index is 0. The molecule has 2 aromatic rings. The van der Waals surface area contributed by atoms with E-state index >= 15 is 0 Å². The number of aromatic carboxylic acids is 2. The Balaban J connectivity index is 0.000000324. The van der Waals surface area contributed by atoms with E-state index < -0.39 is 11.9 Å². The molecule has 100 valence electrons. The van der Waals surface area contributed by atoms with Crippen LogP contribution in [-0.2, 0) is 0 Å². The van der Waals surface area contributed by atoms with Gasteiger partial charge in [-0.25, -0.2) is 9.59 Å². The summed E-state index contributed by atoms with van der Waals surface area (Å²) in [7, 11) is 0. The first-order chi connectivity index (χ1) is 8.61. The summed E-state index contributed by atoms with van der Waals surface area (Å²) in [5, 5.41) is 16.8. The van der Waals surface area contributed by atoms with E-state index in [0.29, 0.717) is 11.1 Å². The van der Waals surface area contributed by atoms with Crippen molar-refractivity contribution in [2.75, 3.05) is 0 Å². The van der Waals surface area contributed by atoms with Gasteiger partial charge < -0.3 is 10.2 Å². The normalized spacial score (nSPS) is 8.42. The molecule has 0 saturated heterocycles. The molecule has 0 saturated carbocycles. The van der Waals surface area contributed by atoms with Gasteiger partial charge in [0.15, 0.2) is 0 Å². The number of carboxylic acids is 2. The van der Waals surface area contributed by atoms with Crippen LogP contribution in [0.1, 0.15) is 20.7 Å². The monoisotopic (exact) mass is 326 g/mol. The van der Waals surface area contributed by atoms with Crippen LogP contribution in [0.2, 0.25) is 0 Å². The van der Waals surface area contributed by atoms with E-state index in [9.17, 15) is 9.59 Å². The van der Waals surface area contributed by atoms with Crippen LogP contribution >= 0.6 is 0 Å². The van der Waals surface area contributed by atoms with E-state index in [1.54, 1.807) is 60.7 Å². The molecule has 0 aliphatic heterocycles. The van der Waals surface area contributed by atoms with E-state index in [1.165, 1.54) is 0 Å². The van der Waals surface area contributed by atoms with Gasteiger partial charge in [-0.05, 0) is 24.3 Å². The maximum atomic E-state index is 10.2. The third-order valence-corrected chi connectivity index (χ3v) is 2.04. The maximum absolute atomic E-state index is 10.2. The predicted molar refractivity (Wildman–Crippen MR) is 75.3 cm³/mol. The van der Waals surface area contributed by atoms with Crippen molar-refractivity contribution >= 4 is 29.0 Å². The van der Waals surface area contributed by atoms with Crippen LogP contribution in [-0.4, -0.2) is 39.2 Å². The fraction of sp³-hybridized carbons (Fsp3) is 0. The molecule has 0 atom stereocenters. The third kappa shape index (κ3) is 6.40. The van der Waals surface area contributed by atoms with Crippen LogP contribution in [0.5, 0.6) is 0 Å². The van der Waals surface area contributed by atoms with Crippen LogP contribution in [0.25, 0.3) is 0 Å². The zero-order valence-electron chi connectivity index (χ0n) is 9.98. The molecule has 19 heavy (non-hydrogen) atoms. The van der Waals surface area contributed by atoms with Crippen LogP contribution in [0.4, 0.5) is 0 Å². The van der Waals surface area contributed by atoms with Crippen LogP contribution in [0.3, 0.4) is 0 Å². The second-order valence-electron chi connectivity index (χ2n) is 3.34. The molecule has 2 aromatic carbocycles. The number of benzene rings is 2. The zero-order valence-corrected chi connectivity index (χ0v) is 12.1. The minimum atomic E-state index is -0.879. The first-order valence-electron chi connectivity index (χ1n) is 5.18. The summed E-state index contributed by atoms with van der Waals surface area (Å²) in [6.45, 7) is 0. The molecule has 2 rings (SSSR count). The first-order valence-corrected chi connectivity index (χ1v) is 5.18. The number of hydrogen-bond acceptors (Lipinski definition) is 2. The quantitative estimate of drug-likeness (QED) is 0.827. The summed E-state index contributed by atoms with van der Waals surface area (Å²) >= 11 is 0. The summed E-state index contributed by atoms with van der Waals surface area (Å²) < 4.78 is 0. The molecule has 0 amide bonds. The number of carbonyl (C=O) groups is 2. The van der Waals surface area contributed by atoms with Crippen molar-refractivity contribution in [1.29, 1.82) is 0 Å². The van der Waals surface area contributed by atoms with Gasteiger partial charge in [0.25, 0.3) is 0 Å². The van der Waals surface area contributed by atoms with Crippen molar-refractivity contribution in [2.45, 2.75) is 0 Å². The first kappa shape index (κ1) is 16.9. The van der Waals surface area contributed by atoms with E-state index in [2.05, 4.69) is 0 Å². The van der Waals surface area contributed by atoms with Gasteiger partial charge >= 0.3 is 29.0 Å². The summed E-state index contributed by atoms with van der Waals surface area (Å²) in [4.78, 5) is 20.4. The Hall–Kier alpha value is -2.10. The Morgan fingerprint density at radius 1 is 0.632 bits per heavy atom. The van der Waals surface area contributed by atoms with Crippen molar-refractivity contribution in [3.8, 4) is 0 Å². The number of carboxylic acid groups (broad SMARTS) is 2. The van der Waals surface area contributed by atoms with Gasteiger partial charge in [0, 0.05) is 0 Å². The Kier molecular flexibility index (Phi) is 7.93. The molecule has 0 heterocycles. The second-order valence-corrected chi connectivity index (χ2v) is 3.34. The molecule has 0 fully saturated rings. The van der Waals surface area contributed by atoms with Gasteiger partial charge in [-0.1, -0.05) is 36.4 Å². The number of hydrogen-bond donors (Lipinski definition) is 2. The predicted octanol–water partition coefficient (Wildman–Crippen LogP) is 1.85. The molecule has 0 unspecified atom stereocenters. The van der Waals surface area contributed by atoms with Crippen molar-refractivity contribution in [2.24, 2.45) is 0 Å². The van der Waals surface area contributed by atoms with Gasteiger partial charge in [-0.3, -0.25) is 0 Å². The van der Waals surface area contributed by atoms with Crippen LogP contribution in [0.15, 0.2) is 60.7 Å². The van der Waals surface area contributed by atoms with E-state index in [-0.39, 0.29) is 17.1 Å². The van der Waals surface area contributed by atoms with Gasteiger partial charge in [-0.15, -0.1) is 0 Å². The van der Waals surface area contributed by atoms with Gasteiger partial charge in [0.2, 0.25) is 0 Å². The second kappa shape index (κ2) is 8.91. The molecule has 0 radical (unpaired) electrons. The molecule has 4 nitrogen and oxygen atoms in total. The fourth-order valence-corrected chi connectivity index (χ4v) is 1.16. The summed E-state index contributed by atoms with van der Waals surface area (Å²) in [5.41, 5.74) is 0.662. The van der Waals surface area contributed by atoms with E-state index in [0.717, 1.165) is 0 Å². The van der Waals surface area contributed by atoms with Crippen molar-refractivity contribution in [3.63, 3.8) is 0 Å². The van der Waals surface area contributed by atoms with Crippen LogP contribution in [0, 0.1) is 0 Å². The average molecular weight is 325 g/mol. The Bertz CT molecular complexity index is 462. The van der Waals surface area contributed by atoms with Gasteiger partial charge in [-0.2, -0.15) is 0 Å². The molecule has 5 heteroatoms. The molecule has 0 spiro atoms. The summed E-state index contributed by atoms with van der Waals surface area (Å²) in [5.74, 6) is -1.76. The molecule has 0 aliphatic rings. The Morgan fingerprint density at radius 2 is 0.895 bits per heavy atom. The van der Waals surface area contributed by atoms with E-state index in [1.807, 2.05) is 0 Å². The Labute approximate surface area is 121 Å². The zero-order chi connectivity index (χ0) is 13.4. The fourth-order valence-electron chi connectivity index (χ4n) is 1.16. The Morgan fingerprint density at radius 3 is 1.05 bits per heavy atom. The summed E-state index contributed by atoms with van der Waals surface area (Å²) in [6.07, 6.45) is 0. The molecular weight excluding hydrogens is 311 g/mol. The van der Waals surface area contributed by atoms with Crippen molar-refractivity contribution < 1.29 is 19.8 Å². The summed E-state index contributed by atoms with van der Waals surface area (Å²) in [6, 6.07) is 16.6. The SMILES string of the molecule is O=C(O)c1ccccc1.O=C(O)c1ccccc1.[SeH2]. The molecule has 2 N–H and O–H groups in total. The van der Waals surface area contributed by atoms with Crippen molar-refractivity contribution in [1.82, 2.24) is 0 Å². The van der Waals surface area contributed by atoms with Gasteiger partial charge in [0.05, 0.1) is 11.1 Å². The van der Waals surface area contributed by atoms with E-state index in [4.69, 9.17) is 10.2 Å². The van der Waals surface area contributed by atoms with Gasteiger partial charge in [0.1, 0.15) is 0 Å². The van der Waals surface area contributed by atoms with Crippen LogP contribution < -0.4 is 0 Å². The van der Waals surface area contributed by atoms with Crippen molar-refractivity contribution in [3.05, 3.63) is 71.8 Å². The molecular formula is C14H14O4Se. The third-order valence-electron chi connectivity index (χ3n) is 2.04. The molecule has 0 aliphatic carbocycles.